The van der Waals surface area contributed by atoms with Crippen LogP contribution < -0.4 is 14.8 Å². The number of nitriles is 1. The lowest BCUT2D eigenvalue weighted by Gasteiger charge is -2.12. The van der Waals surface area contributed by atoms with Gasteiger partial charge in [0.1, 0.15) is 17.4 Å². The lowest BCUT2D eigenvalue weighted by molar-refractivity contribution is -0.112. The molecule has 0 fully saturated rings. The fraction of sp³-hybridized carbons (Fsp3) is 0.0435. The molecule has 0 heterocycles. The van der Waals surface area contributed by atoms with E-state index in [1.54, 1.807) is 42.5 Å². The van der Waals surface area contributed by atoms with E-state index in [-0.39, 0.29) is 26.9 Å². The molecule has 3 rings (SSSR count). The second kappa shape index (κ2) is 10.4. The zero-order valence-electron chi connectivity index (χ0n) is 17.2. The fourth-order valence-electron chi connectivity index (χ4n) is 2.74. The van der Waals surface area contributed by atoms with Gasteiger partial charge in [-0.1, -0.05) is 41.4 Å². The SMILES string of the molecule is COc1ccc(C=C(C#N)C(=O)Nc2cc(S(=O)(=O)Nc3cccc(Cl)c3)ccc2Cl)cc1. The number of carbonyl (C=O) groups excluding carboxylic acids is 1. The first-order valence-electron chi connectivity index (χ1n) is 9.37. The molecule has 3 aromatic carbocycles. The second-order valence-corrected chi connectivity index (χ2v) is 9.18. The number of rotatable bonds is 7. The molecule has 168 valence electrons. The molecular weight excluding hydrogens is 485 g/mol. The fourth-order valence-corrected chi connectivity index (χ4v) is 4.17. The number of nitrogens with one attached hydrogen (secondary N) is 2. The van der Waals surface area contributed by atoms with E-state index in [2.05, 4.69) is 10.0 Å². The van der Waals surface area contributed by atoms with Crippen LogP contribution in [0.5, 0.6) is 5.75 Å². The topological polar surface area (TPSA) is 108 Å². The second-order valence-electron chi connectivity index (χ2n) is 6.65. The maximum Gasteiger partial charge on any atom is 0.266 e. The molecule has 0 saturated carbocycles. The van der Waals surface area contributed by atoms with Crippen molar-refractivity contribution in [2.75, 3.05) is 17.1 Å². The molecular formula is C23H17Cl2N3O4S. The van der Waals surface area contributed by atoms with Crippen molar-refractivity contribution in [3.05, 3.63) is 87.9 Å². The van der Waals surface area contributed by atoms with E-state index in [0.29, 0.717) is 16.3 Å². The van der Waals surface area contributed by atoms with E-state index in [0.717, 1.165) is 0 Å². The van der Waals surface area contributed by atoms with Crippen molar-refractivity contribution >= 4 is 56.6 Å². The van der Waals surface area contributed by atoms with Gasteiger partial charge in [-0.25, -0.2) is 8.42 Å². The molecule has 33 heavy (non-hydrogen) atoms. The average molecular weight is 502 g/mol. The van der Waals surface area contributed by atoms with Crippen LogP contribution in [0.25, 0.3) is 6.08 Å². The van der Waals surface area contributed by atoms with Crippen LogP contribution >= 0.6 is 23.2 Å². The third-order valence-corrected chi connectivity index (χ3v) is 6.31. The van der Waals surface area contributed by atoms with Gasteiger partial charge in [0.2, 0.25) is 0 Å². The predicted octanol–water partition coefficient (Wildman–Crippen LogP) is 5.35. The molecule has 0 spiro atoms. The maximum absolute atomic E-state index is 12.8. The van der Waals surface area contributed by atoms with Crippen molar-refractivity contribution in [2.24, 2.45) is 0 Å². The Morgan fingerprint density at radius 3 is 2.42 bits per heavy atom. The summed E-state index contributed by atoms with van der Waals surface area (Å²) >= 11 is 12.1. The third-order valence-electron chi connectivity index (χ3n) is 4.37. The Balaban J connectivity index is 1.84. The molecule has 0 unspecified atom stereocenters. The first-order valence-corrected chi connectivity index (χ1v) is 11.6. The number of ether oxygens (including phenoxy) is 1. The van der Waals surface area contributed by atoms with Gasteiger partial charge in [0.25, 0.3) is 15.9 Å². The predicted molar refractivity (Wildman–Crippen MR) is 129 cm³/mol. The molecule has 0 bridgehead atoms. The zero-order chi connectivity index (χ0) is 24.0. The number of nitrogens with zero attached hydrogens (tertiary/aromatic N) is 1. The van der Waals surface area contributed by atoms with Crippen LogP contribution in [0, 0.1) is 11.3 Å². The average Bonchev–Trinajstić information content (AvgIpc) is 2.78. The Labute approximate surface area is 201 Å². The van der Waals surface area contributed by atoms with Gasteiger partial charge in [0.15, 0.2) is 0 Å². The van der Waals surface area contributed by atoms with Gasteiger partial charge in [-0.3, -0.25) is 9.52 Å². The van der Waals surface area contributed by atoms with Gasteiger partial charge in [-0.05, 0) is 60.2 Å². The summed E-state index contributed by atoms with van der Waals surface area (Å²) in [6, 6.07) is 18.6. The number of halogens is 2. The van der Waals surface area contributed by atoms with Crippen molar-refractivity contribution in [1.82, 2.24) is 0 Å². The summed E-state index contributed by atoms with van der Waals surface area (Å²) in [5.74, 6) is -0.112. The number of benzene rings is 3. The van der Waals surface area contributed by atoms with Gasteiger partial charge < -0.3 is 10.1 Å². The first-order chi connectivity index (χ1) is 15.7. The van der Waals surface area contributed by atoms with Crippen LogP contribution in [-0.2, 0) is 14.8 Å². The Morgan fingerprint density at radius 2 is 1.79 bits per heavy atom. The highest BCUT2D eigenvalue weighted by Gasteiger charge is 2.18. The van der Waals surface area contributed by atoms with E-state index in [4.69, 9.17) is 27.9 Å². The number of sulfonamides is 1. The van der Waals surface area contributed by atoms with Crippen LogP contribution in [0.4, 0.5) is 11.4 Å². The molecule has 0 saturated heterocycles. The lowest BCUT2D eigenvalue weighted by atomic mass is 10.1. The quantitative estimate of drug-likeness (QED) is 0.335. The minimum atomic E-state index is -4.00. The molecule has 0 aliphatic rings. The molecule has 0 aliphatic heterocycles. The summed E-state index contributed by atoms with van der Waals surface area (Å²) in [5, 5.41) is 12.4. The van der Waals surface area contributed by atoms with Crippen molar-refractivity contribution in [2.45, 2.75) is 4.90 Å². The summed E-state index contributed by atoms with van der Waals surface area (Å²) < 4.78 is 33.0. The number of hydrogen-bond acceptors (Lipinski definition) is 5. The van der Waals surface area contributed by atoms with E-state index in [9.17, 15) is 18.5 Å². The highest BCUT2D eigenvalue weighted by atomic mass is 35.5. The Hall–Kier alpha value is -3.51. The molecule has 0 atom stereocenters. The number of methoxy groups -OCH3 is 1. The van der Waals surface area contributed by atoms with Crippen molar-refractivity contribution in [1.29, 1.82) is 5.26 Å². The summed E-state index contributed by atoms with van der Waals surface area (Å²) in [5.41, 5.74) is 0.723. The molecule has 10 heteroatoms. The molecule has 0 aromatic heterocycles. The molecule has 3 aromatic rings. The highest BCUT2D eigenvalue weighted by Crippen LogP contribution is 2.27. The number of hydrogen-bond donors (Lipinski definition) is 2. The monoisotopic (exact) mass is 501 g/mol. The summed E-state index contributed by atoms with van der Waals surface area (Å²) in [4.78, 5) is 12.5. The highest BCUT2D eigenvalue weighted by molar-refractivity contribution is 7.92. The first kappa shape index (κ1) is 24.1. The van der Waals surface area contributed by atoms with Crippen LogP contribution in [0.15, 0.2) is 77.2 Å². The van der Waals surface area contributed by atoms with E-state index >= 15 is 0 Å². The smallest absolute Gasteiger partial charge is 0.266 e. The molecule has 2 N–H and O–H groups in total. The standard InChI is InChI=1S/C23H17Cl2N3O4S/c1-32-19-7-5-15(6-8-19)11-16(14-26)23(29)27-22-13-20(9-10-21(22)25)33(30,31)28-18-4-2-3-17(24)12-18/h2-13,28H,1H3,(H,27,29). The number of anilines is 2. The Morgan fingerprint density at radius 1 is 1.06 bits per heavy atom. The van der Waals surface area contributed by atoms with E-state index in [1.165, 1.54) is 37.5 Å². The van der Waals surface area contributed by atoms with Crippen LogP contribution in [0.3, 0.4) is 0 Å². The van der Waals surface area contributed by atoms with Crippen LogP contribution in [-0.4, -0.2) is 21.4 Å². The van der Waals surface area contributed by atoms with Gasteiger partial charge in [-0.15, -0.1) is 0 Å². The van der Waals surface area contributed by atoms with E-state index in [1.807, 2.05) is 6.07 Å². The number of carbonyl (C=O) groups is 1. The lowest BCUT2D eigenvalue weighted by Crippen LogP contribution is -2.16. The van der Waals surface area contributed by atoms with Crippen molar-refractivity contribution in [3.8, 4) is 11.8 Å². The largest absolute Gasteiger partial charge is 0.497 e. The molecule has 0 radical (unpaired) electrons. The normalized spacial score (nSPS) is 11.4. The maximum atomic E-state index is 12.8. The van der Waals surface area contributed by atoms with Gasteiger partial charge >= 0.3 is 0 Å². The van der Waals surface area contributed by atoms with E-state index < -0.39 is 15.9 Å². The zero-order valence-corrected chi connectivity index (χ0v) is 19.5. The van der Waals surface area contributed by atoms with Gasteiger partial charge in [0.05, 0.1) is 28.4 Å². The van der Waals surface area contributed by atoms with Crippen LogP contribution in [0.2, 0.25) is 10.0 Å². The third kappa shape index (κ3) is 6.26. The molecule has 0 aliphatic carbocycles. The summed E-state index contributed by atoms with van der Waals surface area (Å²) in [6.07, 6.45) is 1.39. The number of amides is 1. The minimum Gasteiger partial charge on any atom is -0.497 e. The van der Waals surface area contributed by atoms with Crippen LogP contribution in [0.1, 0.15) is 5.56 Å². The van der Waals surface area contributed by atoms with Crippen molar-refractivity contribution < 1.29 is 17.9 Å². The summed E-state index contributed by atoms with van der Waals surface area (Å²) in [6.45, 7) is 0. The van der Waals surface area contributed by atoms with Crippen molar-refractivity contribution in [3.63, 3.8) is 0 Å². The molecule has 7 nitrogen and oxygen atoms in total. The summed E-state index contributed by atoms with van der Waals surface area (Å²) in [7, 11) is -2.47. The van der Waals surface area contributed by atoms with Gasteiger partial charge in [0, 0.05) is 5.02 Å². The minimum absolute atomic E-state index is 0.0338. The Bertz CT molecular complexity index is 1370. The van der Waals surface area contributed by atoms with Gasteiger partial charge in [-0.2, -0.15) is 5.26 Å². The molecule has 1 amide bonds. The Kier molecular flexibility index (Phi) is 7.61.